The number of rotatable bonds is 5. The van der Waals surface area contributed by atoms with Gasteiger partial charge in [0.15, 0.2) is 0 Å². The van der Waals surface area contributed by atoms with Crippen LogP contribution in [0.25, 0.3) is 0 Å². The number of aryl methyl sites for hydroxylation is 1. The zero-order valence-corrected chi connectivity index (χ0v) is 13.4. The molecule has 1 saturated heterocycles. The smallest absolute Gasteiger partial charge is 0.261 e. The Kier molecular flexibility index (Phi) is 5.11. The van der Waals surface area contributed by atoms with Crippen LogP contribution in [0.3, 0.4) is 0 Å². The van der Waals surface area contributed by atoms with Crippen molar-refractivity contribution in [2.75, 3.05) is 20.2 Å². The van der Waals surface area contributed by atoms with Crippen LogP contribution in [0.4, 0.5) is 0 Å². The molecule has 21 heavy (non-hydrogen) atoms. The molecule has 1 heterocycles. The van der Waals surface area contributed by atoms with Gasteiger partial charge in [0.05, 0.1) is 12.0 Å². The molecular weight excluding hydrogens is 314 g/mol. The first kappa shape index (κ1) is 16.1. The van der Waals surface area contributed by atoms with E-state index in [4.69, 9.17) is 15.4 Å². The van der Waals surface area contributed by atoms with E-state index >= 15 is 0 Å². The molecule has 0 aromatic heterocycles. The summed E-state index contributed by atoms with van der Waals surface area (Å²) in [5.74, 6) is 0.655. The van der Waals surface area contributed by atoms with Crippen LogP contribution in [0.5, 0.6) is 5.75 Å². The predicted octanol–water partition coefficient (Wildman–Crippen LogP) is 2.18. The van der Waals surface area contributed by atoms with Crippen LogP contribution in [0.2, 0.25) is 0 Å². The normalized spacial score (nSPS) is 15.2. The molecule has 1 aliphatic heterocycles. The van der Waals surface area contributed by atoms with E-state index in [1.165, 1.54) is 19.2 Å². The zero-order valence-electron chi connectivity index (χ0n) is 11.8. The monoisotopic (exact) mass is 331 g/mol. The number of hydrogen-bond acceptors (Lipinski definition) is 4. The van der Waals surface area contributed by atoms with Crippen molar-refractivity contribution in [1.29, 1.82) is 0 Å². The standard InChI is InChI=1S/C14H18ClNO4S/c1-20-13-6-5-12(21(15,18)19)10-11(13)4-7-14(17)16-8-2-3-9-16/h5-6,10H,2-4,7-9H2,1H3. The van der Waals surface area contributed by atoms with Gasteiger partial charge in [-0.2, -0.15) is 0 Å². The van der Waals surface area contributed by atoms with Gasteiger partial charge < -0.3 is 9.64 Å². The predicted molar refractivity (Wildman–Crippen MR) is 80.2 cm³/mol. The van der Waals surface area contributed by atoms with E-state index in [1.807, 2.05) is 4.90 Å². The second kappa shape index (κ2) is 6.66. The number of hydrogen-bond donors (Lipinski definition) is 0. The largest absolute Gasteiger partial charge is 0.496 e. The third-order valence-corrected chi connectivity index (χ3v) is 4.95. The highest BCUT2D eigenvalue weighted by molar-refractivity contribution is 8.13. The molecule has 0 atom stereocenters. The van der Waals surface area contributed by atoms with Crippen molar-refractivity contribution in [1.82, 2.24) is 4.90 Å². The summed E-state index contributed by atoms with van der Waals surface area (Å²) < 4.78 is 28.0. The number of likely N-dealkylation sites (tertiary alicyclic amines) is 1. The van der Waals surface area contributed by atoms with E-state index in [-0.39, 0.29) is 10.8 Å². The molecule has 0 unspecified atom stereocenters. The van der Waals surface area contributed by atoms with Crippen LogP contribution in [0, 0.1) is 0 Å². The zero-order chi connectivity index (χ0) is 15.5. The van der Waals surface area contributed by atoms with Crippen LogP contribution < -0.4 is 4.74 Å². The fraction of sp³-hybridized carbons (Fsp3) is 0.500. The topological polar surface area (TPSA) is 63.7 Å². The maximum atomic E-state index is 12.0. The highest BCUT2D eigenvalue weighted by Crippen LogP contribution is 2.26. The van der Waals surface area contributed by atoms with Crippen molar-refractivity contribution in [3.63, 3.8) is 0 Å². The molecule has 2 rings (SSSR count). The molecule has 0 aliphatic carbocycles. The van der Waals surface area contributed by atoms with Gasteiger partial charge in [-0.15, -0.1) is 0 Å². The Balaban J connectivity index is 2.12. The minimum atomic E-state index is -3.78. The van der Waals surface area contributed by atoms with Crippen molar-refractivity contribution >= 4 is 25.6 Å². The van der Waals surface area contributed by atoms with Crippen molar-refractivity contribution in [2.45, 2.75) is 30.6 Å². The highest BCUT2D eigenvalue weighted by Gasteiger charge is 2.19. The molecule has 116 valence electrons. The maximum Gasteiger partial charge on any atom is 0.261 e. The van der Waals surface area contributed by atoms with Crippen LogP contribution in [-0.2, 0) is 20.3 Å². The van der Waals surface area contributed by atoms with E-state index in [2.05, 4.69) is 0 Å². The summed E-state index contributed by atoms with van der Waals surface area (Å²) in [5, 5.41) is 0. The van der Waals surface area contributed by atoms with Crippen molar-refractivity contribution in [3.05, 3.63) is 23.8 Å². The molecule has 1 aromatic rings. The molecule has 0 bridgehead atoms. The van der Waals surface area contributed by atoms with Gasteiger partial charge in [0.1, 0.15) is 5.75 Å². The maximum absolute atomic E-state index is 12.0. The Morgan fingerprint density at radius 1 is 1.33 bits per heavy atom. The Morgan fingerprint density at radius 2 is 2.00 bits per heavy atom. The Morgan fingerprint density at radius 3 is 2.57 bits per heavy atom. The molecule has 5 nitrogen and oxygen atoms in total. The van der Waals surface area contributed by atoms with Crippen molar-refractivity contribution < 1.29 is 17.9 Å². The van der Waals surface area contributed by atoms with Gasteiger partial charge >= 0.3 is 0 Å². The number of methoxy groups -OCH3 is 1. The third kappa shape index (κ3) is 4.11. The van der Waals surface area contributed by atoms with E-state index in [9.17, 15) is 13.2 Å². The van der Waals surface area contributed by atoms with Crippen LogP contribution in [-0.4, -0.2) is 39.4 Å². The van der Waals surface area contributed by atoms with Gasteiger partial charge in [-0.1, -0.05) is 0 Å². The summed E-state index contributed by atoms with van der Waals surface area (Å²) in [6.45, 7) is 1.62. The fourth-order valence-electron chi connectivity index (χ4n) is 2.47. The molecule has 7 heteroatoms. The number of amides is 1. The van der Waals surface area contributed by atoms with Gasteiger partial charge in [0, 0.05) is 30.2 Å². The van der Waals surface area contributed by atoms with Gasteiger partial charge in [0.25, 0.3) is 9.05 Å². The number of benzene rings is 1. The molecule has 1 aromatic carbocycles. The SMILES string of the molecule is COc1ccc(S(=O)(=O)Cl)cc1CCC(=O)N1CCCC1. The number of ether oxygens (including phenoxy) is 1. The molecular formula is C14H18ClNO4S. The minimum Gasteiger partial charge on any atom is -0.496 e. The summed E-state index contributed by atoms with van der Waals surface area (Å²) >= 11 is 0. The van der Waals surface area contributed by atoms with Crippen molar-refractivity contribution in [2.24, 2.45) is 0 Å². The van der Waals surface area contributed by atoms with Gasteiger partial charge in [-0.3, -0.25) is 4.79 Å². The summed E-state index contributed by atoms with van der Waals surface area (Å²) in [6.07, 6.45) is 2.87. The first-order chi connectivity index (χ1) is 9.91. The Hall–Kier alpha value is -1.27. The minimum absolute atomic E-state index is 0.0218. The number of carbonyl (C=O) groups is 1. The van der Waals surface area contributed by atoms with Gasteiger partial charge in [0.2, 0.25) is 5.91 Å². The number of nitrogens with zero attached hydrogens (tertiary/aromatic N) is 1. The lowest BCUT2D eigenvalue weighted by Crippen LogP contribution is -2.27. The summed E-state index contributed by atoms with van der Waals surface area (Å²) in [7, 11) is 3.08. The summed E-state index contributed by atoms with van der Waals surface area (Å²) in [4.78, 5) is 13.9. The van der Waals surface area contributed by atoms with Crippen LogP contribution in [0.1, 0.15) is 24.8 Å². The van der Waals surface area contributed by atoms with Crippen molar-refractivity contribution in [3.8, 4) is 5.75 Å². The first-order valence-corrected chi connectivity index (χ1v) is 9.12. The lowest BCUT2D eigenvalue weighted by atomic mass is 10.1. The van der Waals surface area contributed by atoms with E-state index in [1.54, 1.807) is 6.07 Å². The van der Waals surface area contributed by atoms with E-state index in [0.29, 0.717) is 24.2 Å². The molecule has 1 aliphatic rings. The van der Waals surface area contributed by atoms with Crippen LogP contribution in [0.15, 0.2) is 23.1 Å². The molecule has 1 fully saturated rings. The quantitative estimate of drug-likeness (QED) is 0.776. The lowest BCUT2D eigenvalue weighted by molar-refractivity contribution is -0.130. The van der Waals surface area contributed by atoms with E-state index < -0.39 is 9.05 Å². The third-order valence-electron chi connectivity index (χ3n) is 3.60. The second-order valence-corrected chi connectivity index (χ2v) is 7.57. The van der Waals surface area contributed by atoms with Crippen LogP contribution >= 0.6 is 10.7 Å². The summed E-state index contributed by atoms with van der Waals surface area (Å²) in [5.41, 5.74) is 0.673. The first-order valence-electron chi connectivity index (χ1n) is 6.81. The van der Waals surface area contributed by atoms with Gasteiger partial charge in [-0.25, -0.2) is 8.42 Å². The Labute approximate surface area is 129 Å². The van der Waals surface area contributed by atoms with Gasteiger partial charge in [-0.05, 0) is 43.0 Å². The summed E-state index contributed by atoms with van der Waals surface area (Å²) in [6, 6.07) is 4.43. The number of halogens is 1. The lowest BCUT2D eigenvalue weighted by Gasteiger charge is -2.16. The van der Waals surface area contributed by atoms with E-state index in [0.717, 1.165) is 25.9 Å². The molecule has 0 spiro atoms. The highest BCUT2D eigenvalue weighted by atomic mass is 35.7. The number of carbonyl (C=O) groups excluding carboxylic acids is 1. The molecule has 0 saturated carbocycles. The molecule has 0 radical (unpaired) electrons. The molecule has 0 N–H and O–H groups in total. The average molecular weight is 332 g/mol. The average Bonchev–Trinajstić information content (AvgIpc) is 2.97. The Bertz CT molecular complexity index is 624. The fourth-order valence-corrected chi connectivity index (χ4v) is 3.27. The second-order valence-electron chi connectivity index (χ2n) is 5.00. The molecule has 1 amide bonds.